The summed E-state index contributed by atoms with van der Waals surface area (Å²) in [6.07, 6.45) is 4.80. The lowest BCUT2D eigenvalue weighted by atomic mass is 9.79. The summed E-state index contributed by atoms with van der Waals surface area (Å²) in [5.74, 6) is -2.40. The largest absolute Gasteiger partial charge is 0.466 e. The van der Waals surface area contributed by atoms with E-state index in [-0.39, 0.29) is 33.5 Å². The van der Waals surface area contributed by atoms with Gasteiger partial charge in [-0.2, -0.15) is 0 Å². The van der Waals surface area contributed by atoms with Crippen molar-refractivity contribution in [2.75, 3.05) is 40.4 Å². The van der Waals surface area contributed by atoms with E-state index in [1.54, 1.807) is 25.1 Å². The van der Waals surface area contributed by atoms with Crippen molar-refractivity contribution in [1.82, 2.24) is 20.4 Å². The number of fused-ring (bicyclic) bond motifs is 2. The minimum absolute atomic E-state index is 0.0632. The zero-order valence-electron chi connectivity index (χ0n) is 23.1. The van der Waals surface area contributed by atoms with Crippen LogP contribution in [0.1, 0.15) is 50.5 Å². The van der Waals surface area contributed by atoms with E-state index in [1.165, 1.54) is 39.9 Å². The predicted molar refractivity (Wildman–Crippen MR) is 152 cm³/mol. The van der Waals surface area contributed by atoms with Crippen LogP contribution in [0.2, 0.25) is 10.0 Å². The van der Waals surface area contributed by atoms with Gasteiger partial charge in [-0.15, -0.1) is 0 Å². The highest BCUT2D eigenvalue weighted by atomic mass is 35.5. The van der Waals surface area contributed by atoms with Crippen LogP contribution < -0.4 is 10.6 Å². The molecule has 216 valence electrons. The number of hydrogen-bond donors (Lipinski definition) is 2. The van der Waals surface area contributed by atoms with Gasteiger partial charge in [0.1, 0.15) is 0 Å². The molecular formula is C29H36Cl2N4O5. The lowest BCUT2D eigenvalue weighted by molar-refractivity contribution is -0.137. The second-order valence-electron chi connectivity index (χ2n) is 11.0. The molecule has 1 amide bonds. The van der Waals surface area contributed by atoms with Gasteiger partial charge in [0.05, 0.1) is 37.7 Å². The highest BCUT2D eigenvalue weighted by molar-refractivity contribution is 6.36. The molecule has 3 saturated heterocycles. The molecule has 4 heterocycles. The van der Waals surface area contributed by atoms with E-state index < -0.39 is 17.9 Å². The number of piperazine rings is 1. The number of rotatable bonds is 6. The fourth-order valence-electron chi connectivity index (χ4n) is 6.77. The number of halogens is 2. The maximum absolute atomic E-state index is 13.6. The van der Waals surface area contributed by atoms with Crippen molar-refractivity contribution in [3.8, 4) is 0 Å². The number of hydrogen-bond acceptors (Lipinski definition) is 8. The van der Waals surface area contributed by atoms with Crippen LogP contribution in [0.15, 0.2) is 40.7 Å². The van der Waals surface area contributed by atoms with Crippen molar-refractivity contribution >= 4 is 41.0 Å². The first-order valence-corrected chi connectivity index (χ1v) is 14.6. The summed E-state index contributed by atoms with van der Waals surface area (Å²) >= 11 is 13.1. The molecule has 3 fully saturated rings. The minimum atomic E-state index is -0.975. The summed E-state index contributed by atoms with van der Waals surface area (Å²) in [4.78, 5) is 44.2. The van der Waals surface area contributed by atoms with Crippen LogP contribution in [0.3, 0.4) is 0 Å². The first-order chi connectivity index (χ1) is 19.2. The van der Waals surface area contributed by atoms with Crippen LogP contribution in [0, 0.1) is 0 Å². The number of piperidine rings is 1. The monoisotopic (exact) mass is 590 g/mol. The molecule has 5 rings (SSSR count). The van der Waals surface area contributed by atoms with Gasteiger partial charge in [-0.05, 0) is 44.7 Å². The molecule has 4 aliphatic heterocycles. The van der Waals surface area contributed by atoms with Crippen LogP contribution in [0.4, 0.5) is 0 Å². The topological polar surface area (TPSA) is 100 Å². The van der Waals surface area contributed by atoms with E-state index in [0.717, 1.165) is 13.1 Å². The summed E-state index contributed by atoms with van der Waals surface area (Å²) < 4.78 is 10.2. The molecule has 2 bridgehead atoms. The van der Waals surface area contributed by atoms with Gasteiger partial charge in [0.2, 0.25) is 5.91 Å². The molecule has 3 atom stereocenters. The van der Waals surface area contributed by atoms with Crippen LogP contribution in [0.25, 0.3) is 0 Å². The Labute approximate surface area is 244 Å². The second kappa shape index (κ2) is 12.1. The van der Waals surface area contributed by atoms with Crippen LogP contribution in [-0.2, 0) is 23.9 Å². The number of allylic oxidation sites excluding steroid dienone is 1. The number of esters is 2. The number of methoxy groups -OCH3 is 2. The number of dihydropyridines is 1. The Morgan fingerprint density at radius 2 is 1.50 bits per heavy atom. The van der Waals surface area contributed by atoms with Crippen LogP contribution in [0.5, 0.6) is 0 Å². The van der Waals surface area contributed by atoms with Crippen molar-refractivity contribution in [2.45, 2.75) is 63.1 Å². The smallest absolute Gasteiger partial charge is 0.336 e. The third-order valence-corrected chi connectivity index (χ3v) is 9.36. The van der Waals surface area contributed by atoms with E-state index in [4.69, 9.17) is 32.7 Å². The van der Waals surface area contributed by atoms with E-state index in [2.05, 4.69) is 15.5 Å². The Morgan fingerprint density at radius 1 is 0.925 bits per heavy atom. The molecule has 1 aromatic rings. The maximum Gasteiger partial charge on any atom is 0.336 e. The van der Waals surface area contributed by atoms with E-state index in [9.17, 15) is 14.4 Å². The van der Waals surface area contributed by atoms with Crippen molar-refractivity contribution < 1.29 is 23.9 Å². The third-order valence-electron chi connectivity index (χ3n) is 8.70. The molecular weight excluding hydrogens is 555 g/mol. The SMILES string of the molecule is COC(=O)C1=C(C)NC(CC(=O)N2CCN(C3CC4CCC(C3)N4)CC2)=C(C(=O)OC)C1c1c(Cl)cccc1Cl. The number of ether oxygens (including phenoxy) is 2. The Hall–Kier alpha value is -2.59. The second-order valence-corrected chi connectivity index (χ2v) is 11.8. The third kappa shape index (κ3) is 5.62. The lowest BCUT2D eigenvalue weighted by Crippen LogP contribution is -2.55. The van der Waals surface area contributed by atoms with Crippen molar-refractivity contribution in [2.24, 2.45) is 0 Å². The molecule has 0 radical (unpaired) electrons. The fraction of sp³-hybridized carbons (Fsp3) is 0.552. The minimum Gasteiger partial charge on any atom is -0.466 e. The van der Waals surface area contributed by atoms with Crippen LogP contribution in [-0.4, -0.2) is 86.2 Å². The number of amides is 1. The van der Waals surface area contributed by atoms with Crippen molar-refractivity contribution in [1.29, 1.82) is 0 Å². The molecule has 1 aromatic carbocycles. The summed E-state index contributed by atoms with van der Waals surface area (Å²) in [5.41, 5.74) is 1.48. The van der Waals surface area contributed by atoms with Crippen molar-refractivity contribution in [3.05, 3.63) is 56.3 Å². The van der Waals surface area contributed by atoms with Gasteiger partial charge in [-0.25, -0.2) is 9.59 Å². The molecule has 9 nitrogen and oxygen atoms in total. The van der Waals surface area contributed by atoms with E-state index in [1.807, 2.05) is 4.90 Å². The lowest BCUT2D eigenvalue weighted by Gasteiger charge is -2.42. The highest BCUT2D eigenvalue weighted by Crippen LogP contribution is 2.45. The van der Waals surface area contributed by atoms with Gasteiger partial charge >= 0.3 is 11.9 Å². The number of nitrogens with zero attached hydrogens (tertiary/aromatic N) is 2. The molecule has 2 N–H and O–H groups in total. The van der Waals surface area contributed by atoms with Gasteiger partial charge in [0, 0.05) is 71.3 Å². The maximum atomic E-state index is 13.6. The Balaban J connectivity index is 1.39. The van der Waals surface area contributed by atoms with E-state index >= 15 is 0 Å². The predicted octanol–water partition coefficient (Wildman–Crippen LogP) is 3.37. The van der Waals surface area contributed by atoms with Crippen molar-refractivity contribution in [3.63, 3.8) is 0 Å². The van der Waals surface area contributed by atoms with Gasteiger partial charge < -0.3 is 25.0 Å². The molecule has 3 unspecified atom stereocenters. The molecule has 0 aromatic heterocycles. The highest BCUT2D eigenvalue weighted by Gasteiger charge is 2.42. The average molecular weight is 592 g/mol. The normalized spacial score (nSPS) is 27.0. The first kappa shape index (κ1) is 28.9. The van der Waals surface area contributed by atoms with Crippen LogP contribution >= 0.6 is 23.2 Å². The van der Waals surface area contributed by atoms with Gasteiger partial charge in [-0.3, -0.25) is 9.69 Å². The number of benzene rings is 1. The fourth-order valence-corrected chi connectivity index (χ4v) is 7.38. The summed E-state index contributed by atoms with van der Waals surface area (Å²) in [5, 5.41) is 7.40. The van der Waals surface area contributed by atoms with Gasteiger partial charge in [0.15, 0.2) is 0 Å². The quantitative estimate of drug-likeness (QED) is 0.486. The van der Waals surface area contributed by atoms with E-state index in [0.29, 0.717) is 48.2 Å². The molecule has 0 saturated carbocycles. The Bertz CT molecular complexity index is 1220. The zero-order valence-corrected chi connectivity index (χ0v) is 24.6. The Kier molecular flexibility index (Phi) is 8.75. The average Bonchev–Trinajstić information content (AvgIpc) is 3.29. The molecule has 4 aliphatic rings. The molecule has 40 heavy (non-hydrogen) atoms. The number of carbonyl (C=O) groups is 3. The number of carbonyl (C=O) groups excluding carboxylic acids is 3. The first-order valence-electron chi connectivity index (χ1n) is 13.8. The number of nitrogens with one attached hydrogen (secondary N) is 2. The molecule has 11 heteroatoms. The Morgan fingerprint density at radius 3 is 2.08 bits per heavy atom. The van der Waals surface area contributed by atoms with Gasteiger partial charge in [-0.1, -0.05) is 29.3 Å². The van der Waals surface area contributed by atoms with Gasteiger partial charge in [0.25, 0.3) is 0 Å². The summed E-state index contributed by atoms with van der Waals surface area (Å²) in [6.45, 7) is 4.61. The zero-order chi connectivity index (χ0) is 28.6. The summed E-state index contributed by atoms with van der Waals surface area (Å²) in [7, 11) is 2.53. The molecule has 0 spiro atoms. The molecule has 0 aliphatic carbocycles. The summed E-state index contributed by atoms with van der Waals surface area (Å²) in [6, 6.07) is 6.77. The standard InChI is InChI=1S/C29H36Cl2N4O5/c1-16-24(28(37)39-2)27(25-20(30)5-4-6-21(25)31)26(29(38)40-3)22(32-16)15-23(36)35-11-9-34(10-12-35)19-13-17-7-8-18(14-19)33-17/h4-6,17-19,27,32-33H,7-15H2,1-3H3.